The van der Waals surface area contributed by atoms with E-state index in [4.69, 9.17) is 9.47 Å². The number of ether oxygens (including phenoxy) is 2. The van der Waals surface area contributed by atoms with Crippen LogP contribution < -0.4 is 14.8 Å². The maximum absolute atomic E-state index is 13.2. The molecule has 3 aromatic carbocycles. The summed E-state index contributed by atoms with van der Waals surface area (Å²) in [5.41, 5.74) is 0.217. The van der Waals surface area contributed by atoms with Gasteiger partial charge in [-0.15, -0.1) is 0 Å². The van der Waals surface area contributed by atoms with Gasteiger partial charge in [0.15, 0.2) is 11.5 Å². The number of hydrogen-bond donors (Lipinski definition) is 1. The van der Waals surface area contributed by atoms with Gasteiger partial charge in [0.25, 0.3) is 11.1 Å². The van der Waals surface area contributed by atoms with E-state index in [0.717, 1.165) is 23.8 Å². The van der Waals surface area contributed by atoms with Crippen molar-refractivity contribution in [1.29, 1.82) is 0 Å². The van der Waals surface area contributed by atoms with Crippen molar-refractivity contribution in [3.05, 3.63) is 91.6 Å². The highest BCUT2D eigenvalue weighted by Crippen LogP contribution is 2.38. The Hall–Kier alpha value is -3.59. The van der Waals surface area contributed by atoms with E-state index in [1.807, 2.05) is 22.6 Å². The zero-order valence-corrected chi connectivity index (χ0v) is 24.2. The maximum Gasteiger partial charge on any atom is 0.416 e. The van der Waals surface area contributed by atoms with Crippen LogP contribution in [0.4, 0.5) is 28.0 Å². The first-order chi connectivity index (χ1) is 19.4. The fraction of sp³-hybridized carbons (Fsp3) is 0.179. The summed E-state index contributed by atoms with van der Waals surface area (Å²) < 4.78 is 64.3. The average Bonchev–Trinajstić information content (AvgIpc) is 3.16. The van der Waals surface area contributed by atoms with Crippen LogP contribution in [0.15, 0.2) is 65.6 Å². The molecule has 0 bridgehead atoms. The van der Waals surface area contributed by atoms with E-state index in [2.05, 4.69) is 5.32 Å². The number of halogens is 5. The van der Waals surface area contributed by atoms with Gasteiger partial charge in [-0.3, -0.25) is 19.3 Å². The van der Waals surface area contributed by atoms with Crippen molar-refractivity contribution >= 4 is 63.2 Å². The number of amides is 3. The van der Waals surface area contributed by atoms with E-state index in [1.165, 1.54) is 24.3 Å². The Morgan fingerprint density at radius 3 is 2.49 bits per heavy atom. The van der Waals surface area contributed by atoms with E-state index >= 15 is 0 Å². The number of carbonyl (C=O) groups is 3. The van der Waals surface area contributed by atoms with Crippen LogP contribution in [0.1, 0.15) is 23.6 Å². The third-order valence-corrected chi connectivity index (χ3v) is 7.28. The van der Waals surface area contributed by atoms with Crippen LogP contribution in [-0.2, 0) is 22.4 Å². The minimum Gasteiger partial charge on any atom is -0.490 e. The lowest BCUT2D eigenvalue weighted by Gasteiger charge is -2.15. The molecule has 1 aliphatic rings. The summed E-state index contributed by atoms with van der Waals surface area (Å²) in [6.07, 6.45) is -3.12. The lowest BCUT2D eigenvalue weighted by atomic mass is 10.1. The van der Waals surface area contributed by atoms with Gasteiger partial charge < -0.3 is 14.8 Å². The Morgan fingerprint density at radius 1 is 1.07 bits per heavy atom. The number of carbonyl (C=O) groups excluding carboxylic acids is 3. The molecule has 4 rings (SSSR count). The van der Waals surface area contributed by atoms with Crippen molar-refractivity contribution in [2.75, 3.05) is 18.5 Å². The van der Waals surface area contributed by atoms with Crippen LogP contribution in [-0.4, -0.2) is 35.1 Å². The maximum atomic E-state index is 13.2. The zero-order valence-electron chi connectivity index (χ0n) is 21.3. The first kappa shape index (κ1) is 30.4. The molecule has 214 valence electrons. The molecule has 0 unspecified atom stereocenters. The molecule has 0 aliphatic carbocycles. The molecule has 1 aliphatic heterocycles. The van der Waals surface area contributed by atoms with Gasteiger partial charge in [0, 0.05) is 5.69 Å². The van der Waals surface area contributed by atoms with Crippen LogP contribution in [0.2, 0.25) is 0 Å². The molecule has 3 amide bonds. The molecule has 1 heterocycles. The molecule has 41 heavy (non-hydrogen) atoms. The second-order valence-corrected chi connectivity index (χ2v) is 10.7. The molecule has 0 atom stereocenters. The Labute approximate surface area is 250 Å². The molecule has 1 saturated heterocycles. The number of nitrogens with one attached hydrogen (secondary N) is 1. The molecule has 0 aromatic heterocycles. The summed E-state index contributed by atoms with van der Waals surface area (Å²) in [6, 6.07) is 13.3. The number of nitrogens with zero attached hydrogens (tertiary/aromatic N) is 1. The van der Waals surface area contributed by atoms with Gasteiger partial charge in [0.2, 0.25) is 5.91 Å². The normalized spacial score (nSPS) is 14.5. The SMILES string of the molecule is CCOc1cc(/C=C2\SC(=O)N(CC(=O)Nc3cccc(C(F)(F)F)c3)C2=O)cc(I)c1OCc1ccc(F)cc1. The van der Waals surface area contributed by atoms with E-state index in [1.54, 1.807) is 31.2 Å². The number of hydrogen-bond acceptors (Lipinski definition) is 6. The zero-order chi connectivity index (χ0) is 29.7. The highest BCUT2D eigenvalue weighted by molar-refractivity contribution is 14.1. The van der Waals surface area contributed by atoms with Crippen molar-refractivity contribution in [3.8, 4) is 11.5 Å². The van der Waals surface area contributed by atoms with E-state index in [0.29, 0.717) is 43.9 Å². The molecule has 1 N–H and O–H groups in total. The predicted molar refractivity (Wildman–Crippen MR) is 154 cm³/mol. The molecular weight excluding hydrogens is 679 g/mol. The van der Waals surface area contributed by atoms with Gasteiger partial charge in [-0.2, -0.15) is 13.2 Å². The largest absolute Gasteiger partial charge is 0.490 e. The van der Waals surface area contributed by atoms with Crippen LogP contribution in [0.25, 0.3) is 6.08 Å². The second kappa shape index (κ2) is 12.9. The van der Waals surface area contributed by atoms with Gasteiger partial charge in [-0.1, -0.05) is 18.2 Å². The molecule has 0 spiro atoms. The van der Waals surface area contributed by atoms with E-state index < -0.39 is 35.3 Å². The summed E-state index contributed by atoms with van der Waals surface area (Å²) in [5, 5.41) is 1.59. The monoisotopic (exact) mass is 700 g/mol. The number of benzene rings is 3. The van der Waals surface area contributed by atoms with Crippen molar-refractivity contribution in [1.82, 2.24) is 4.90 Å². The number of anilines is 1. The molecular formula is C28H21F4IN2O5S. The van der Waals surface area contributed by atoms with Crippen LogP contribution in [0, 0.1) is 9.39 Å². The lowest BCUT2D eigenvalue weighted by Crippen LogP contribution is -2.36. The predicted octanol–water partition coefficient (Wildman–Crippen LogP) is 7.10. The Kier molecular flexibility index (Phi) is 9.58. The molecule has 7 nitrogen and oxygen atoms in total. The van der Waals surface area contributed by atoms with Crippen molar-refractivity contribution < 1.29 is 41.4 Å². The summed E-state index contributed by atoms with van der Waals surface area (Å²) >= 11 is 2.68. The van der Waals surface area contributed by atoms with E-state index in [9.17, 15) is 31.9 Å². The topological polar surface area (TPSA) is 84.9 Å². The highest BCUT2D eigenvalue weighted by atomic mass is 127. The molecule has 13 heteroatoms. The average molecular weight is 700 g/mol. The summed E-state index contributed by atoms with van der Waals surface area (Å²) in [4.78, 5) is 38.7. The fourth-order valence-electron chi connectivity index (χ4n) is 3.72. The van der Waals surface area contributed by atoms with Crippen LogP contribution in [0.3, 0.4) is 0 Å². The van der Waals surface area contributed by atoms with Crippen molar-refractivity contribution in [3.63, 3.8) is 0 Å². The Bertz CT molecular complexity index is 1510. The molecule has 3 aromatic rings. The fourth-order valence-corrected chi connectivity index (χ4v) is 5.33. The molecule has 1 fully saturated rings. The van der Waals surface area contributed by atoms with Gasteiger partial charge >= 0.3 is 6.18 Å². The Balaban J connectivity index is 1.47. The van der Waals surface area contributed by atoms with Gasteiger partial charge in [0.1, 0.15) is 19.0 Å². The second-order valence-electron chi connectivity index (χ2n) is 8.57. The number of alkyl halides is 3. The van der Waals surface area contributed by atoms with Crippen molar-refractivity contribution in [2.45, 2.75) is 19.7 Å². The molecule has 0 saturated carbocycles. The number of rotatable bonds is 9. The Morgan fingerprint density at radius 2 is 1.80 bits per heavy atom. The number of imide groups is 1. The molecule has 0 radical (unpaired) electrons. The summed E-state index contributed by atoms with van der Waals surface area (Å²) in [6.45, 7) is 1.61. The van der Waals surface area contributed by atoms with Crippen LogP contribution >= 0.6 is 34.4 Å². The lowest BCUT2D eigenvalue weighted by molar-refractivity contribution is -0.137. The highest BCUT2D eigenvalue weighted by Gasteiger charge is 2.36. The number of thioether (sulfide) groups is 1. The first-order valence-corrected chi connectivity index (χ1v) is 13.9. The van der Waals surface area contributed by atoms with Gasteiger partial charge in [0.05, 0.1) is 20.6 Å². The van der Waals surface area contributed by atoms with Crippen LogP contribution in [0.5, 0.6) is 11.5 Å². The summed E-state index contributed by atoms with van der Waals surface area (Å²) in [5.74, 6) is -1.06. The van der Waals surface area contributed by atoms with E-state index in [-0.39, 0.29) is 23.0 Å². The third-order valence-electron chi connectivity index (χ3n) is 5.57. The minimum absolute atomic E-state index is 0.0556. The smallest absolute Gasteiger partial charge is 0.416 e. The van der Waals surface area contributed by atoms with Gasteiger partial charge in [-0.25, -0.2) is 4.39 Å². The minimum atomic E-state index is -4.59. The quantitative estimate of drug-likeness (QED) is 0.146. The third kappa shape index (κ3) is 7.79. The van der Waals surface area contributed by atoms with Gasteiger partial charge in [-0.05, 0) is 101 Å². The van der Waals surface area contributed by atoms with Crippen molar-refractivity contribution in [2.24, 2.45) is 0 Å². The first-order valence-electron chi connectivity index (χ1n) is 12.0. The summed E-state index contributed by atoms with van der Waals surface area (Å²) in [7, 11) is 0. The standard InChI is InChI=1S/C28H21F4IN2O5S/c1-2-39-22-11-17(10-21(33)25(22)40-15-16-6-8-19(29)9-7-16)12-23-26(37)35(27(38)41-23)14-24(36)34-20-5-3-4-18(13-20)28(30,31)32/h3-13H,2,14-15H2,1H3,(H,34,36)/b23-12-.